The van der Waals surface area contributed by atoms with Crippen LogP contribution in [0.2, 0.25) is 0 Å². The van der Waals surface area contributed by atoms with Gasteiger partial charge in [0.1, 0.15) is 0 Å². The number of hydrogen-bond donors (Lipinski definition) is 3. The van der Waals surface area contributed by atoms with E-state index < -0.39 is 46.7 Å². The fraction of sp³-hybridized carbons (Fsp3) is 0.160. The predicted octanol–water partition coefficient (Wildman–Crippen LogP) is 5.10. The molecule has 4 rings (SSSR count). The maximum absolute atomic E-state index is 13.7. The van der Waals surface area contributed by atoms with Gasteiger partial charge in [0.15, 0.2) is 11.6 Å². The SMILES string of the molecule is CC(NC(c1cccs1)c1c(ONc2ccccc2)c(=O)c1=O)c1ccc(F)c(F)c1.O=C(O)C(F)(F)F. The molecule has 4 aromatic rings. The van der Waals surface area contributed by atoms with E-state index in [4.69, 9.17) is 14.7 Å². The monoisotopic (exact) mass is 554 g/mol. The first-order chi connectivity index (χ1) is 17.9. The van der Waals surface area contributed by atoms with E-state index in [1.54, 1.807) is 31.2 Å². The van der Waals surface area contributed by atoms with Crippen molar-refractivity contribution in [1.29, 1.82) is 0 Å². The molecule has 3 aromatic carbocycles. The average Bonchev–Trinajstić information content (AvgIpc) is 3.42. The van der Waals surface area contributed by atoms with E-state index in [1.165, 1.54) is 17.4 Å². The van der Waals surface area contributed by atoms with Crippen LogP contribution in [0.3, 0.4) is 0 Å². The molecule has 0 radical (unpaired) electrons. The second-order valence-corrected chi connectivity index (χ2v) is 8.76. The van der Waals surface area contributed by atoms with Gasteiger partial charge < -0.3 is 9.94 Å². The number of benzene rings is 2. The Labute approximate surface area is 215 Å². The quantitative estimate of drug-likeness (QED) is 0.158. The molecule has 200 valence electrons. The number of hydrogen-bond acceptors (Lipinski definition) is 7. The van der Waals surface area contributed by atoms with Gasteiger partial charge in [-0.2, -0.15) is 13.2 Å². The zero-order valence-electron chi connectivity index (χ0n) is 19.4. The number of alkyl halides is 3. The van der Waals surface area contributed by atoms with Crippen LogP contribution in [-0.2, 0) is 4.79 Å². The minimum Gasteiger partial charge on any atom is -0.475 e. The molecular formula is C25H19F5N2O5S. The highest BCUT2D eigenvalue weighted by atomic mass is 32.1. The lowest BCUT2D eigenvalue weighted by molar-refractivity contribution is -0.192. The number of carboxylic acids is 1. The molecule has 0 fully saturated rings. The molecule has 2 unspecified atom stereocenters. The summed E-state index contributed by atoms with van der Waals surface area (Å²) in [7, 11) is 0. The molecule has 3 N–H and O–H groups in total. The van der Waals surface area contributed by atoms with Crippen molar-refractivity contribution >= 4 is 23.0 Å². The Hall–Kier alpha value is -4.10. The normalized spacial score (nSPS) is 12.8. The van der Waals surface area contributed by atoms with E-state index in [9.17, 15) is 31.5 Å². The van der Waals surface area contributed by atoms with Crippen molar-refractivity contribution in [2.75, 3.05) is 5.48 Å². The fourth-order valence-electron chi connectivity index (χ4n) is 3.26. The first-order valence-corrected chi connectivity index (χ1v) is 11.6. The number of carbonyl (C=O) groups is 1. The van der Waals surface area contributed by atoms with E-state index in [1.807, 2.05) is 23.6 Å². The van der Waals surface area contributed by atoms with Crippen molar-refractivity contribution in [3.8, 4) is 5.75 Å². The summed E-state index contributed by atoms with van der Waals surface area (Å²) in [4.78, 5) is 39.8. The molecule has 2 atom stereocenters. The zero-order valence-corrected chi connectivity index (χ0v) is 20.2. The molecular weight excluding hydrogens is 535 g/mol. The van der Waals surface area contributed by atoms with Gasteiger partial charge in [-0.15, -0.1) is 11.3 Å². The summed E-state index contributed by atoms with van der Waals surface area (Å²) in [5.74, 6) is -4.72. The molecule has 1 aromatic heterocycles. The minimum absolute atomic E-state index is 0.0720. The third-order valence-electron chi connectivity index (χ3n) is 5.17. The van der Waals surface area contributed by atoms with Crippen LogP contribution in [0.15, 0.2) is 75.6 Å². The molecule has 0 aliphatic carbocycles. The highest BCUT2D eigenvalue weighted by Gasteiger charge is 2.38. The van der Waals surface area contributed by atoms with E-state index in [2.05, 4.69) is 10.8 Å². The van der Waals surface area contributed by atoms with Crippen LogP contribution in [0.1, 0.15) is 35.0 Å². The molecule has 38 heavy (non-hydrogen) atoms. The average molecular weight is 554 g/mol. The van der Waals surface area contributed by atoms with Gasteiger partial charge in [-0.3, -0.25) is 14.9 Å². The van der Waals surface area contributed by atoms with Crippen molar-refractivity contribution in [2.45, 2.75) is 25.2 Å². The Bertz CT molecular complexity index is 1450. The van der Waals surface area contributed by atoms with E-state index in [0.717, 1.165) is 17.0 Å². The van der Waals surface area contributed by atoms with Crippen molar-refractivity contribution in [3.05, 3.63) is 114 Å². The molecule has 1 heterocycles. The Morgan fingerprint density at radius 3 is 2.18 bits per heavy atom. The summed E-state index contributed by atoms with van der Waals surface area (Å²) >= 11 is 1.40. The van der Waals surface area contributed by atoms with Crippen molar-refractivity contribution < 1.29 is 36.7 Å². The van der Waals surface area contributed by atoms with Crippen molar-refractivity contribution in [2.24, 2.45) is 0 Å². The minimum atomic E-state index is -5.08. The van der Waals surface area contributed by atoms with Crippen LogP contribution in [0.5, 0.6) is 5.75 Å². The van der Waals surface area contributed by atoms with Crippen molar-refractivity contribution in [3.63, 3.8) is 0 Å². The fourth-order valence-corrected chi connectivity index (χ4v) is 4.05. The summed E-state index contributed by atoms with van der Waals surface area (Å²) in [5, 5.41) is 12.2. The molecule has 0 aliphatic heterocycles. The molecule has 7 nitrogen and oxygen atoms in total. The molecule has 0 saturated carbocycles. The Kier molecular flexibility index (Phi) is 8.96. The summed E-state index contributed by atoms with van der Waals surface area (Å²) in [5.41, 5.74) is 2.63. The highest BCUT2D eigenvalue weighted by molar-refractivity contribution is 7.10. The highest BCUT2D eigenvalue weighted by Crippen LogP contribution is 2.32. The lowest BCUT2D eigenvalue weighted by Gasteiger charge is -2.25. The zero-order chi connectivity index (χ0) is 28.0. The first kappa shape index (κ1) is 28.5. The first-order valence-electron chi connectivity index (χ1n) is 10.8. The third kappa shape index (κ3) is 6.81. The Morgan fingerprint density at radius 1 is 0.974 bits per heavy atom. The third-order valence-corrected chi connectivity index (χ3v) is 6.10. The predicted molar refractivity (Wildman–Crippen MR) is 130 cm³/mol. The van der Waals surface area contributed by atoms with Crippen LogP contribution >= 0.6 is 11.3 Å². The lowest BCUT2D eigenvalue weighted by atomic mass is 9.97. The number of halogens is 5. The van der Waals surface area contributed by atoms with E-state index in [-0.39, 0.29) is 11.3 Å². The number of para-hydroxylation sites is 1. The van der Waals surface area contributed by atoms with Gasteiger partial charge >= 0.3 is 12.1 Å². The maximum atomic E-state index is 13.7. The van der Waals surface area contributed by atoms with Gasteiger partial charge in [-0.25, -0.2) is 19.1 Å². The Morgan fingerprint density at radius 2 is 1.63 bits per heavy atom. The van der Waals surface area contributed by atoms with Gasteiger partial charge in [0, 0.05) is 10.9 Å². The van der Waals surface area contributed by atoms with Gasteiger partial charge in [-0.05, 0) is 48.2 Å². The second-order valence-electron chi connectivity index (χ2n) is 7.78. The summed E-state index contributed by atoms with van der Waals surface area (Å²) < 4.78 is 58.7. The van der Waals surface area contributed by atoms with Crippen molar-refractivity contribution in [1.82, 2.24) is 5.32 Å². The maximum Gasteiger partial charge on any atom is 0.490 e. The van der Waals surface area contributed by atoms with Crippen LogP contribution in [-0.4, -0.2) is 17.3 Å². The topological polar surface area (TPSA) is 105 Å². The van der Waals surface area contributed by atoms with Gasteiger partial charge in [0.25, 0.3) is 5.43 Å². The molecule has 0 amide bonds. The van der Waals surface area contributed by atoms with Crippen LogP contribution in [0, 0.1) is 11.6 Å². The number of nitrogens with one attached hydrogen (secondary N) is 2. The number of anilines is 1. The molecule has 0 saturated heterocycles. The Balaban J connectivity index is 0.000000505. The van der Waals surface area contributed by atoms with E-state index in [0.29, 0.717) is 11.3 Å². The molecule has 0 bridgehead atoms. The summed E-state index contributed by atoms with van der Waals surface area (Å²) in [6.07, 6.45) is -5.08. The second kappa shape index (κ2) is 12.0. The number of aliphatic carboxylic acids is 1. The van der Waals surface area contributed by atoms with Crippen LogP contribution in [0.25, 0.3) is 0 Å². The molecule has 13 heteroatoms. The van der Waals surface area contributed by atoms with Gasteiger partial charge in [-0.1, -0.05) is 30.3 Å². The summed E-state index contributed by atoms with van der Waals surface area (Å²) in [6, 6.07) is 15.1. The lowest BCUT2D eigenvalue weighted by Crippen LogP contribution is -2.42. The number of rotatable bonds is 8. The smallest absolute Gasteiger partial charge is 0.475 e. The van der Waals surface area contributed by atoms with Crippen LogP contribution in [0.4, 0.5) is 27.6 Å². The number of carboxylic acid groups (broad SMARTS) is 1. The van der Waals surface area contributed by atoms with E-state index >= 15 is 0 Å². The largest absolute Gasteiger partial charge is 0.490 e. The van der Waals surface area contributed by atoms with Gasteiger partial charge in [0.05, 0.1) is 17.3 Å². The van der Waals surface area contributed by atoms with Gasteiger partial charge in [0.2, 0.25) is 11.2 Å². The standard InChI is InChI=1S/C23H18F2N2O3S.C2HF3O2/c1-13(14-9-10-16(24)17(25)12-14)26-20(18-8-5-11-31-18)19-21(28)22(29)23(19)30-27-15-6-3-2-4-7-15;3-2(4,5)1(6)7/h2-13,20,26-27H,1H3;(H,6,7). The molecule has 0 spiro atoms. The number of thiophene rings is 1. The van der Waals surface area contributed by atoms with Crippen LogP contribution < -0.4 is 26.5 Å². The molecule has 0 aliphatic rings. The summed E-state index contributed by atoms with van der Waals surface area (Å²) in [6.45, 7) is 1.77.